The van der Waals surface area contributed by atoms with Crippen molar-refractivity contribution in [2.75, 3.05) is 18.4 Å². The average molecular weight is 313 g/mol. The molecule has 2 amide bonds. The van der Waals surface area contributed by atoms with Gasteiger partial charge in [-0.2, -0.15) is 0 Å². The van der Waals surface area contributed by atoms with Crippen molar-refractivity contribution < 1.29 is 9.90 Å². The molecule has 0 unspecified atom stereocenters. The molecule has 2 N–H and O–H groups in total. The number of carbonyl (C=O) groups is 1. The van der Waals surface area contributed by atoms with Gasteiger partial charge in [-0.05, 0) is 43.5 Å². The van der Waals surface area contributed by atoms with Gasteiger partial charge in [-0.15, -0.1) is 0 Å². The third-order valence-corrected chi connectivity index (χ3v) is 3.64. The average Bonchev–Trinajstić information content (AvgIpc) is 2.70. The number of aryl methyl sites for hydroxylation is 2. The second-order valence-electron chi connectivity index (χ2n) is 4.73. The van der Waals surface area contributed by atoms with Crippen LogP contribution >= 0.6 is 15.9 Å². The fourth-order valence-corrected chi connectivity index (χ4v) is 2.91. The molecule has 1 aliphatic heterocycles. The summed E-state index contributed by atoms with van der Waals surface area (Å²) < 4.78 is 1.01. The first-order chi connectivity index (χ1) is 8.47. The molecule has 1 aliphatic rings. The van der Waals surface area contributed by atoms with Crippen LogP contribution in [0.25, 0.3) is 0 Å². The number of halogens is 1. The van der Waals surface area contributed by atoms with Gasteiger partial charge >= 0.3 is 6.03 Å². The molecular formula is C13H17BrN2O2. The number of nitrogens with one attached hydrogen (secondary N) is 1. The van der Waals surface area contributed by atoms with Crippen molar-refractivity contribution >= 4 is 27.6 Å². The molecule has 2 rings (SSSR count). The molecule has 0 aliphatic carbocycles. The summed E-state index contributed by atoms with van der Waals surface area (Å²) in [5.74, 6) is 0. The Morgan fingerprint density at radius 2 is 2.06 bits per heavy atom. The van der Waals surface area contributed by atoms with Crippen molar-refractivity contribution in [1.82, 2.24) is 4.90 Å². The number of aliphatic hydroxyl groups excluding tert-OH is 1. The Morgan fingerprint density at radius 3 is 2.56 bits per heavy atom. The van der Waals surface area contributed by atoms with Gasteiger partial charge in [-0.3, -0.25) is 0 Å². The smallest absolute Gasteiger partial charge is 0.321 e. The number of anilines is 1. The highest BCUT2D eigenvalue weighted by Crippen LogP contribution is 2.25. The van der Waals surface area contributed by atoms with E-state index < -0.39 is 0 Å². The van der Waals surface area contributed by atoms with Crippen molar-refractivity contribution in [1.29, 1.82) is 0 Å². The van der Waals surface area contributed by atoms with Gasteiger partial charge < -0.3 is 15.3 Å². The van der Waals surface area contributed by atoms with E-state index in [1.165, 1.54) is 0 Å². The minimum atomic E-state index is -0.386. The minimum Gasteiger partial charge on any atom is -0.391 e. The van der Waals surface area contributed by atoms with Crippen molar-refractivity contribution in [3.8, 4) is 0 Å². The summed E-state index contributed by atoms with van der Waals surface area (Å²) in [5, 5.41) is 12.4. The fourth-order valence-electron chi connectivity index (χ4n) is 2.22. The van der Waals surface area contributed by atoms with Crippen LogP contribution in [-0.4, -0.2) is 35.2 Å². The first kappa shape index (κ1) is 13.4. The molecule has 0 aromatic heterocycles. The van der Waals surface area contributed by atoms with Crippen molar-refractivity contribution in [3.05, 3.63) is 27.7 Å². The van der Waals surface area contributed by atoms with E-state index in [2.05, 4.69) is 21.2 Å². The molecule has 0 spiro atoms. The lowest BCUT2D eigenvalue weighted by molar-refractivity contribution is 0.176. The van der Waals surface area contributed by atoms with E-state index >= 15 is 0 Å². The van der Waals surface area contributed by atoms with Gasteiger partial charge in [-0.25, -0.2) is 4.79 Å². The molecule has 18 heavy (non-hydrogen) atoms. The predicted octanol–water partition coefficient (Wildman–Crippen LogP) is 2.66. The SMILES string of the molecule is Cc1cc(Br)cc(C)c1NC(=O)N1CC[C@@H](O)C1. The topological polar surface area (TPSA) is 52.6 Å². The Balaban J connectivity index is 2.12. The number of aliphatic hydroxyl groups is 1. The van der Waals surface area contributed by atoms with Crippen LogP contribution in [0.5, 0.6) is 0 Å². The van der Waals surface area contributed by atoms with E-state index in [0.29, 0.717) is 19.5 Å². The predicted molar refractivity (Wildman–Crippen MR) is 74.8 cm³/mol. The van der Waals surface area contributed by atoms with Gasteiger partial charge in [0.1, 0.15) is 0 Å². The number of β-amino-alcohol motifs (C(OH)–C–C–N with tert-alkyl or cyclic N) is 1. The first-order valence-corrected chi connectivity index (χ1v) is 6.77. The largest absolute Gasteiger partial charge is 0.391 e. The Hall–Kier alpha value is -1.07. The molecule has 0 bridgehead atoms. The van der Waals surface area contributed by atoms with E-state index in [-0.39, 0.29) is 12.1 Å². The molecule has 1 saturated heterocycles. The van der Waals surface area contributed by atoms with Gasteiger partial charge in [0.15, 0.2) is 0 Å². The maximum absolute atomic E-state index is 12.0. The zero-order valence-electron chi connectivity index (χ0n) is 10.5. The summed E-state index contributed by atoms with van der Waals surface area (Å²) in [6.07, 6.45) is 0.272. The molecule has 98 valence electrons. The number of carbonyl (C=O) groups excluding carboxylic acids is 1. The summed E-state index contributed by atoms with van der Waals surface area (Å²) in [6, 6.07) is 3.81. The highest BCUT2D eigenvalue weighted by Gasteiger charge is 2.25. The summed E-state index contributed by atoms with van der Waals surface area (Å²) >= 11 is 3.43. The molecule has 1 atom stereocenters. The Bertz CT molecular complexity index is 453. The quantitative estimate of drug-likeness (QED) is 0.837. The zero-order valence-corrected chi connectivity index (χ0v) is 12.1. The third-order valence-electron chi connectivity index (χ3n) is 3.18. The van der Waals surface area contributed by atoms with E-state index in [1.807, 2.05) is 26.0 Å². The summed E-state index contributed by atoms with van der Waals surface area (Å²) in [6.45, 7) is 4.96. The normalized spacial score (nSPS) is 19.1. The van der Waals surface area contributed by atoms with Gasteiger partial charge in [0.25, 0.3) is 0 Å². The molecule has 0 radical (unpaired) electrons. The second-order valence-corrected chi connectivity index (χ2v) is 5.65. The van der Waals surface area contributed by atoms with E-state index in [0.717, 1.165) is 21.3 Å². The third kappa shape index (κ3) is 2.84. The van der Waals surface area contributed by atoms with Crippen molar-refractivity contribution in [2.45, 2.75) is 26.4 Å². The van der Waals surface area contributed by atoms with Crippen molar-refractivity contribution in [3.63, 3.8) is 0 Å². The van der Waals surface area contributed by atoms with Crippen LogP contribution in [-0.2, 0) is 0 Å². The Labute approximate surface area is 115 Å². The maximum Gasteiger partial charge on any atom is 0.321 e. The van der Waals surface area contributed by atoms with E-state index in [9.17, 15) is 9.90 Å². The first-order valence-electron chi connectivity index (χ1n) is 5.98. The fraction of sp³-hybridized carbons (Fsp3) is 0.462. The van der Waals surface area contributed by atoms with Crippen LogP contribution in [0, 0.1) is 13.8 Å². The maximum atomic E-state index is 12.0. The standard InChI is InChI=1S/C13H17BrN2O2/c1-8-5-10(14)6-9(2)12(8)15-13(18)16-4-3-11(17)7-16/h5-6,11,17H,3-4,7H2,1-2H3,(H,15,18)/t11-/m1/s1. The number of rotatable bonds is 1. The monoisotopic (exact) mass is 312 g/mol. The Morgan fingerprint density at radius 1 is 1.44 bits per heavy atom. The molecule has 4 nitrogen and oxygen atoms in total. The molecule has 0 saturated carbocycles. The van der Waals surface area contributed by atoms with Crippen molar-refractivity contribution in [2.24, 2.45) is 0 Å². The number of benzene rings is 1. The highest BCUT2D eigenvalue weighted by atomic mass is 79.9. The summed E-state index contributed by atoms with van der Waals surface area (Å²) in [5.41, 5.74) is 2.90. The number of likely N-dealkylation sites (tertiary alicyclic amines) is 1. The lowest BCUT2D eigenvalue weighted by Crippen LogP contribution is -2.34. The second kappa shape index (κ2) is 5.28. The highest BCUT2D eigenvalue weighted by molar-refractivity contribution is 9.10. The molecule has 1 heterocycles. The van der Waals surface area contributed by atoms with E-state index in [1.54, 1.807) is 4.90 Å². The van der Waals surface area contributed by atoms with Gasteiger partial charge in [0, 0.05) is 23.2 Å². The summed E-state index contributed by atoms with van der Waals surface area (Å²) in [7, 11) is 0. The van der Waals surface area contributed by atoms with Crippen LogP contribution in [0.1, 0.15) is 17.5 Å². The summed E-state index contributed by atoms with van der Waals surface area (Å²) in [4.78, 5) is 13.7. The van der Waals surface area contributed by atoms with Crippen LogP contribution < -0.4 is 5.32 Å². The van der Waals surface area contributed by atoms with Gasteiger partial charge in [0.05, 0.1) is 6.10 Å². The lowest BCUT2D eigenvalue weighted by atomic mass is 10.1. The number of hydrogen-bond acceptors (Lipinski definition) is 2. The molecule has 1 aromatic rings. The lowest BCUT2D eigenvalue weighted by Gasteiger charge is -2.19. The zero-order chi connectivity index (χ0) is 13.3. The number of amides is 2. The van der Waals surface area contributed by atoms with Crippen LogP contribution in [0.2, 0.25) is 0 Å². The van der Waals surface area contributed by atoms with Crippen LogP contribution in [0.15, 0.2) is 16.6 Å². The number of hydrogen-bond donors (Lipinski definition) is 2. The van der Waals surface area contributed by atoms with Crippen LogP contribution in [0.4, 0.5) is 10.5 Å². The van der Waals surface area contributed by atoms with Crippen LogP contribution in [0.3, 0.4) is 0 Å². The molecular weight excluding hydrogens is 296 g/mol. The molecule has 5 heteroatoms. The minimum absolute atomic E-state index is 0.139. The molecule has 1 aromatic carbocycles. The van der Waals surface area contributed by atoms with E-state index in [4.69, 9.17) is 0 Å². The Kier molecular flexibility index (Phi) is 3.92. The number of nitrogens with zero attached hydrogens (tertiary/aromatic N) is 1. The van der Waals surface area contributed by atoms with Gasteiger partial charge in [0.2, 0.25) is 0 Å². The van der Waals surface area contributed by atoms with Gasteiger partial charge in [-0.1, -0.05) is 15.9 Å². The number of urea groups is 1. The molecule has 1 fully saturated rings.